The Balaban J connectivity index is 1.89. The third-order valence-electron chi connectivity index (χ3n) is 3.01. The number of carbonyl (C=O) groups is 1. The Bertz CT molecular complexity index is 643. The van der Waals surface area contributed by atoms with Gasteiger partial charge in [0, 0.05) is 19.2 Å². The molecule has 22 heavy (non-hydrogen) atoms. The zero-order chi connectivity index (χ0) is 15.9. The smallest absolute Gasteiger partial charge is 0.206 e. The number of methoxy groups -OCH3 is 1. The summed E-state index contributed by atoms with van der Waals surface area (Å²) in [5.41, 5.74) is 2.89. The van der Waals surface area contributed by atoms with Crippen molar-refractivity contribution in [1.29, 1.82) is 0 Å². The molecule has 0 fully saturated rings. The van der Waals surface area contributed by atoms with Crippen molar-refractivity contribution in [1.82, 2.24) is 10.2 Å². The Kier molecular flexibility index (Phi) is 6.35. The number of anilines is 1. The highest BCUT2D eigenvalue weighted by molar-refractivity contribution is 8.01. The van der Waals surface area contributed by atoms with Gasteiger partial charge < -0.3 is 10.1 Å². The zero-order valence-electron chi connectivity index (χ0n) is 12.9. The van der Waals surface area contributed by atoms with Crippen LogP contribution in [-0.4, -0.2) is 42.0 Å². The van der Waals surface area contributed by atoms with Crippen LogP contribution in [0.5, 0.6) is 0 Å². The van der Waals surface area contributed by atoms with Crippen molar-refractivity contribution in [3.63, 3.8) is 0 Å². The van der Waals surface area contributed by atoms with Crippen molar-refractivity contribution in [2.24, 2.45) is 0 Å². The summed E-state index contributed by atoms with van der Waals surface area (Å²) < 4.78 is 5.75. The summed E-state index contributed by atoms with van der Waals surface area (Å²) in [6.45, 7) is 5.26. The Morgan fingerprint density at radius 1 is 1.36 bits per heavy atom. The Labute approximate surface area is 138 Å². The molecule has 1 aromatic carbocycles. The van der Waals surface area contributed by atoms with Gasteiger partial charge in [-0.15, -0.1) is 10.2 Å². The lowest BCUT2D eigenvalue weighted by molar-refractivity contribution is 0.102. The fourth-order valence-corrected chi connectivity index (χ4v) is 3.50. The Morgan fingerprint density at radius 3 is 2.95 bits per heavy atom. The van der Waals surface area contributed by atoms with Crippen LogP contribution < -0.4 is 5.32 Å². The average Bonchev–Trinajstić information content (AvgIpc) is 2.95. The lowest BCUT2D eigenvalue weighted by Gasteiger charge is -2.05. The van der Waals surface area contributed by atoms with Crippen molar-refractivity contribution in [3.8, 4) is 0 Å². The predicted octanol–water partition coefficient (Wildman–Crippen LogP) is 3.19. The molecule has 0 saturated heterocycles. The molecule has 0 saturated carbocycles. The number of nitrogens with zero attached hydrogens (tertiary/aromatic N) is 2. The van der Waals surface area contributed by atoms with E-state index in [4.69, 9.17) is 4.74 Å². The number of nitrogens with one attached hydrogen (secondary N) is 1. The molecule has 7 heteroatoms. The molecule has 1 aromatic heterocycles. The van der Waals surface area contributed by atoms with E-state index in [0.29, 0.717) is 18.9 Å². The molecule has 0 bridgehead atoms. The highest BCUT2D eigenvalue weighted by atomic mass is 32.2. The molecule has 5 nitrogen and oxygen atoms in total. The maximum absolute atomic E-state index is 12.3. The van der Waals surface area contributed by atoms with Crippen molar-refractivity contribution < 1.29 is 9.53 Å². The van der Waals surface area contributed by atoms with E-state index in [1.54, 1.807) is 7.11 Å². The molecule has 0 amide bonds. The van der Waals surface area contributed by atoms with Crippen LogP contribution in [0.4, 0.5) is 5.13 Å². The number of ketones is 1. The Morgan fingerprint density at radius 2 is 2.18 bits per heavy atom. The second-order valence-electron chi connectivity index (χ2n) is 4.82. The number of Topliss-reactive ketones (excluding diaryl/α,β-unsaturated/α-hetero) is 1. The minimum atomic E-state index is 0.121. The first-order valence-electron chi connectivity index (χ1n) is 6.89. The number of benzene rings is 1. The summed E-state index contributed by atoms with van der Waals surface area (Å²) in [6.07, 6.45) is 0. The summed E-state index contributed by atoms with van der Waals surface area (Å²) in [7, 11) is 1.65. The van der Waals surface area contributed by atoms with Crippen LogP contribution in [0, 0.1) is 13.8 Å². The van der Waals surface area contributed by atoms with E-state index in [9.17, 15) is 4.79 Å². The van der Waals surface area contributed by atoms with Gasteiger partial charge in [-0.1, -0.05) is 40.8 Å². The third kappa shape index (κ3) is 4.79. The second kappa shape index (κ2) is 8.26. The van der Waals surface area contributed by atoms with E-state index in [1.165, 1.54) is 23.1 Å². The monoisotopic (exact) mass is 337 g/mol. The lowest BCUT2D eigenvalue weighted by Crippen LogP contribution is -2.06. The molecule has 118 valence electrons. The first kappa shape index (κ1) is 16.9. The van der Waals surface area contributed by atoms with Crippen LogP contribution in [-0.2, 0) is 4.74 Å². The van der Waals surface area contributed by atoms with Gasteiger partial charge in [0.2, 0.25) is 5.13 Å². The number of thioether (sulfide) groups is 1. The SMILES string of the molecule is COCCNc1nnc(SCC(=O)c2cc(C)ccc2C)s1. The summed E-state index contributed by atoms with van der Waals surface area (Å²) in [5.74, 6) is 0.493. The molecule has 0 aliphatic heterocycles. The Hall–Kier alpha value is -1.44. The zero-order valence-corrected chi connectivity index (χ0v) is 14.5. The number of aryl methyl sites for hydroxylation is 2. The van der Waals surface area contributed by atoms with Crippen LogP contribution in [0.1, 0.15) is 21.5 Å². The standard InChI is InChI=1S/C15H19N3O2S2/c1-10-4-5-11(2)12(8-10)13(19)9-21-15-18-17-14(22-15)16-6-7-20-3/h4-5,8H,6-7,9H2,1-3H3,(H,16,17). The maximum atomic E-state index is 12.3. The van der Waals surface area contributed by atoms with E-state index >= 15 is 0 Å². The summed E-state index contributed by atoms with van der Waals surface area (Å²) in [5, 5.41) is 12.0. The number of ether oxygens (including phenoxy) is 1. The van der Waals surface area contributed by atoms with Gasteiger partial charge in [0.15, 0.2) is 10.1 Å². The third-order valence-corrected chi connectivity index (χ3v) is 5.02. The number of rotatable bonds is 8. The van der Waals surface area contributed by atoms with Crippen molar-refractivity contribution in [3.05, 3.63) is 34.9 Å². The molecule has 0 radical (unpaired) electrons. The minimum Gasteiger partial charge on any atom is -0.383 e. The van der Waals surface area contributed by atoms with E-state index in [2.05, 4.69) is 15.5 Å². The molecule has 1 heterocycles. The van der Waals surface area contributed by atoms with Gasteiger partial charge in [0.05, 0.1) is 12.4 Å². The molecular weight excluding hydrogens is 318 g/mol. The summed E-state index contributed by atoms with van der Waals surface area (Å²) in [4.78, 5) is 12.3. The molecule has 0 atom stereocenters. The second-order valence-corrected chi connectivity index (χ2v) is 7.02. The van der Waals surface area contributed by atoms with E-state index in [0.717, 1.165) is 26.2 Å². The van der Waals surface area contributed by atoms with Crippen molar-refractivity contribution in [2.75, 3.05) is 31.3 Å². The van der Waals surface area contributed by atoms with Crippen LogP contribution >= 0.6 is 23.1 Å². The fourth-order valence-electron chi connectivity index (χ4n) is 1.84. The highest BCUT2D eigenvalue weighted by Crippen LogP contribution is 2.26. The van der Waals surface area contributed by atoms with Gasteiger partial charge in [0.1, 0.15) is 0 Å². The molecule has 0 unspecified atom stereocenters. The topological polar surface area (TPSA) is 64.1 Å². The number of carbonyl (C=O) groups excluding carboxylic acids is 1. The number of hydrogen-bond acceptors (Lipinski definition) is 7. The molecule has 1 N–H and O–H groups in total. The summed E-state index contributed by atoms with van der Waals surface area (Å²) >= 11 is 2.87. The number of hydrogen-bond donors (Lipinski definition) is 1. The first-order chi connectivity index (χ1) is 10.6. The van der Waals surface area contributed by atoms with Crippen molar-refractivity contribution >= 4 is 34.0 Å². The molecule has 0 aliphatic carbocycles. The van der Waals surface area contributed by atoms with E-state index in [1.807, 2.05) is 32.0 Å². The van der Waals surface area contributed by atoms with Gasteiger partial charge in [-0.25, -0.2) is 0 Å². The summed E-state index contributed by atoms with van der Waals surface area (Å²) in [6, 6.07) is 5.94. The largest absolute Gasteiger partial charge is 0.383 e. The molecular formula is C15H19N3O2S2. The van der Waals surface area contributed by atoms with Gasteiger partial charge in [-0.2, -0.15) is 0 Å². The van der Waals surface area contributed by atoms with Crippen LogP contribution in [0.15, 0.2) is 22.5 Å². The molecule has 2 rings (SSSR count). The maximum Gasteiger partial charge on any atom is 0.206 e. The average molecular weight is 337 g/mol. The molecule has 0 aliphatic rings. The number of aromatic nitrogens is 2. The normalized spacial score (nSPS) is 10.7. The highest BCUT2D eigenvalue weighted by Gasteiger charge is 2.12. The molecule has 0 spiro atoms. The van der Waals surface area contributed by atoms with E-state index < -0.39 is 0 Å². The van der Waals surface area contributed by atoms with Gasteiger partial charge >= 0.3 is 0 Å². The quantitative estimate of drug-likeness (QED) is 0.453. The fraction of sp³-hybridized carbons (Fsp3) is 0.400. The van der Waals surface area contributed by atoms with Crippen molar-refractivity contribution in [2.45, 2.75) is 18.2 Å². The van der Waals surface area contributed by atoms with Crippen LogP contribution in [0.25, 0.3) is 0 Å². The minimum absolute atomic E-state index is 0.121. The van der Waals surface area contributed by atoms with Gasteiger partial charge in [-0.05, 0) is 25.5 Å². The van der Waals surface area contributed by atoms with Crippen LogP contribution in [0.3, 0.4) is 0 Å². The predicted molar refractivity (Wildman–Crippen MR) is 91.2 cm³/mol. The first-order valence-corrected chi connectivity index (χ1v) is 8.70. The van der Waals surface area contributed by atoms with E-state index in [-0.39, 0.29) is 5.78 Å². The van der Waals surface area contributed by atoms with Crippen LogP contribution in [0.2, 0.25) is 0 Å². The van der Waals surface area contributed by atoms with Gasteiger partial charge in [0.25, 0.3) is 0 Å². The molecule has 2 aromatic rings. The lowest BCUT2D eigenvalue weighted by atomic mass is 10.0. The van der Waals surface area contributed by atoms with Gasteiger partial charge in [-0.3, -0.25) is 4.79 Å².